The van der Waals surface area contributed by atoms with Crippen LogP contribution in [0.15, 0.2) is 66.9 Å². The van der Waals surface area contributed by atoms with Crippen molar-refractivity contribution in [1.82, 2.24) is 9.88 Å². The molecule has 7 nitrogen and oxygen atoms in total. The zero-order chi connectivity index (χ0) is 28.1. The van der Waals surface area contributed by atoms with Gasteiger partial charge in [-0.3, -0.25) is 9.88 Å². The van der Waals surface area contributed by atoms with E-state index < -0.39 is 5.82 Å². The Kier molecular flexibility index (Phi) is 8.38. The van der Waals surface area contributed by atoms with Gasteiger partial charge in [-0.05, 0) is 47.4 Å². The van der Waals surface area contributed by atoms with E-state index in [-0.39, 0.29) is 5.41 Å². The molecule has 0 amide bonds. The highest BCUT2D eigenvalue weighted by atomic mass is 19.1. The van der Waals surface area contributed by atoms with Gasteiger partial charge in [-0.1, -0.05) is 32.9 Å². The van der Waals surface area contributed by atoms with Gasteiger partial charge in [-0.15, -0.1) is 0 Å². The minimum absolute atomic E-state index is 0.0571. The monoisotopic (exact) mass is 545 g/mol. The summed E-state index contributed by atoms with van der Waals surface area (Å²) in [6.45, 7) is 11.1. The molecule has 1 aliphatic heterocycles. The first-order valence-corrected chi connectivity index (χ1v) is 13.5. The highest BCUT2D eigenvalue weighted by Crippen LogP contribution is 2.37. The maximum Gasteiger partial charge on any atom is 0.163 e. The van der Waals surface area contributed by atoms with Gasteiger partial charge in [0.1, 0.15) is 23.9 Å². The maximum atomic E-state index is 15.0. The van der Waals surface area contributed by atoms with E-state index in [4.69, 9.17) is 18.9 Å². The largest absolute Gasteiger partial charge is 0.493 e. The van der Waals surface area contributed by atoms with Crippen molar-refractivity contribution < 1.29 is 23.3 Å². The Bertz CT molecular complexity index is 1450. The van der Waals surface area contributed by atoms with E-state index in [1.54, 1.807) is 31.5 Å². The average Bonchev–Trinajstić information content (AvgIpc) is 2.95. The molecule has 1 aliphatic rings. The van der Waals surface area contributed by atoms with Crippen molar-refractivity contribution in [3.05, 3.63) is 78.2 Å². The van der Waals surface area contributed by atoms with Crippen LogP contribution in [0.5, 0.6) is 23.0 Å². The molecule has 210 valence electrons. The molecule has 2 heterocycles. The SMILES string of the molecule is COc1cc2c(Oc3ccc(Nc4ccc(C(C)(C)C)cc4)c(F)c3)ccnc2cc1OCCN1CCOCC1. The number of methoxy groups -OCH3 is 1. The Morgan fingerprint density at radius 1 is 0.950 bits per heavy atom. The lowest BCUT2D eigenvalue weighted by Crippen LogP contribution is -2.38. The van der Waals surface area contributed by atoms with E-state index in [2.05, 4.69) is 48.1 Å². The topological polar surface area (TPSA) is 65.1 Å². The van der Waals surface area contributed by atoms with Crippen molar-refractivity contribution in [2.45, 2.75) is 26.2 Å². The van der Waals surface area contributed by atoms with E-state index in [1.165, 1.54) is 11.6 Å². The Morgan fingerprint density at radius 2 is 1.73 bits per heavy atom. The summed E-state index contributed by atoms with van der Waals surface area (Å²) in [5.74, 6) is 1.70. The number of halogens is 1. The first-order chi connectivity index (χ1) is 19.3. The summed E-state index contributed by atoms with van der Waals surface area (Å²) in [4.78, 5) is 6.80. The van der Waals surface area contributed by atoms with Crippen LogP contribution < -0.4 is 19.5 Å². The fourth-order valence-electron chi connectivity index (χ4n) is 4.60. The summed E-state index contributed by atoms with van der Waals surface area (Å²) < 4.78 is 38.2. The van der Waals surface area contributed by atoms with Gasteiger partial charge in [0.05, 0.1) is 31.5 Å². The van der Waals surface area contributed by atoms with Crippen LogP contribution in [-0.4, -0.2) is 56.4 Å². The Balaban J connectivity index is 1.29. The molecule has 0 saturated carbocycles. The van der Waals surface area contributed by atoms with Gasteiger partial charge in [0, 0.05) is 49.0 Å². The number of benzene rings is 3. The highest BCUT2D eigenvalue weighted by molar-refractivity contribution is 5.88. The van der Waals surface area contributed by atoms with E-state index >= 15 is 4.39 Å². The normalized spacial score (nSPS) is 14.2. The van der Waals surface area contributed by atoms with Gasteiger partial charge >= 0.3 is 0 Å². The molecule has 8 heteroatoms. The second-order valence-corrected chi connectivity index (χ2v) is 10.8. The molecule has 0 aliphatic carbocycles. The van der Waals surface area contributed by atoms with Crippen molar-refractivity contribution in [3.8, 4) is 23.0 Å². The van der Waals surface area contributed by atoms with Crippen LogP contribution >= 0.6 is 0 Å². The predicted molar refractivity (Wildman–Crippen MR) is 156 cm³/mol. The second-order valence-electron chi connectivity index (χ2n) is 10.8. The molecule has 5 rings (SSSR count). The zero-order valence-electron chi connectivity index (χ0n) is 23.5. The smallest absolute Gasteiger partial charge is 0.163 e. The molecule has 0 spiro atoms. The van der Waals surface area contributed by atoms with Crippen LogP contribution in [0.25, 0.3) is 10.9 Å². The molecular weight excluding hydrogens is 509 g/mol. The van der Waals surface area contributed by atoms with Crippen molar-refractivity contribution in [2.75, 3.05) is 51.9 Å². The molecule has 4 aromatic rings. The summed E-state index contributed by atoms with van der Waals surface area (Å²) >= 11 is 0. The minimum Gasteiger partial charge on any atom is -0.493 e. The van der Waals surface area contributed by atoms with E-state index in [0.29, 0.717) is 40.8 Å². The molecule has 1 fully saturated rings. The third kappa shape index (κ3) is 6.63. The van der Waals surface area contributed by atoms with Crippen LogP contribution in [0.3, 0.4) is 0 Å². The van der Waals surface area contributed by atoms with Crippen molar-refractivity contribution >= 4 is 22.3 Å². The van der Waals surface area contributed by atoms with E-state index in [1.807, 2.05) is 24.3 Å². The third-order valence-corrected chi connectivity index (χ3v) is 6.95. The summed E-state index contributed by atoms with van der Waals surface area (Å²) in [6, 6.07) is 18.3. The fraction of sp³-hybridized carbons (Fsp3) is 0.344. The van der Waals surface area contributed by atoms with Crippen LogP contribution in [-0.2, 0) is 10.2 Å². The summed E-state index contributed by atoms with van der Waals surface area (Å²) in [5, 5.41) is 3.89. The standard InChI is InChI=1S/C32H36FN3O4/c1-32(2,3)22-5-7-23(8-6-22)35-27-10-9-24(19-26(27)33)40-29-11-12-34-28-21-31(30(37-4)20-25(28)29)39-18-15-36-13-16-38-17-14-36/h5-12,19-21,35H,13-18H2,1-4H3. The summed E-state index contributed by atoms with van der Waals surface area (Å²) in [5.41, 5.74) is 3.15. The van der Waals surface area contributed by atoms with Gasteiger partial charge in [0.25, 0.3) is 0 Å². The quantitative estimate of drug-likeness (QED) is 0.245. The Labute approximate surface area is 234 Å². The minimum atomic E-state index is -0.413. The number of aromatic nitrogens is 1. The van der Waals surface area contributed by atoms with E-state index in [9.17, 15) is 0 Å². The molecule has 1 saturated heterocycles. The first-order valence-electron chi connectivity index (χ1n) is 13.5. The lowest BCUT2D eigenvalue weighted by molar-refractivity contribution is 0.0321. The number of rotatable bonds is 9. The number of ether oxygens (including phenoxy) is 4. The Hall–Kier alpha value is -3.88. The average molecular weight is 546 g/mol. The molecule has 0 radical (unpaired) electrons. The number of hydrogen-bond acceptors (Lipinski definition) is 7. The second kappa shape index (κ2) is 12.1. The van der Waals surface area contributed by atoms with Crippen LogP contribution in [0.1, 0.15) is 26.3 Å². The zero-order valence-corrected chi connectivity index (χ0v) is 23.5. The van der Waals surface area contributed by atoms with Gasteiger partial charge in [0.2, 0.25) is 0 Å². The van der Waals surface area contributed by atoms with Crippen LogP contribution in [0.4, 0.5) is 15.8 Å². The molecule has 1 N–H and O–H groups in total. The van der Waals surface area contributed by atoms with Crippen molar-refractivity contribution in [2.24, 2.45) is 0 Å². The van der Waals surface area contributed by atoms with Gasteiger partial charge < -0.3 is 24.3 Å². The molecule has 0 atom stereocenters. The molecule has 0 bridgehead atoms. The fourth-order valence-corrected chi connectivity index (χ4v) is 4.60. The summed E-state index contributed by atoms with van der Waals surface area (Å²) in [6.07, 6.45) is 1.66. The number of pyridine rings is 1. The number of hydrogen-bond donors (Lipinski definition) is 1. The lowest BCUT2D eigenvalue weighted by Gasteiger charge is -2.26. The van der Waals surface area contributed by atoms with Crippen LogP contribution in [0, 0.1) is 5.82 Å². The molecular formula is C32H36FN3O4. The van der Waals surface area contributed by atoms with Crippen molar-refractivity contribution in [3.63, 3.8) is 0 Å². The van der Waals surface area contributed by atoms with Gasteiger partial charge in [0.15, 0.2) is 11.5 Å². The predicted octanol–water partition coefficient (Wildman–Crippen LogP) is 6.93. The van der Waals surface area contributed by atoms with E-state index in [0.717, 1.165) is 43.9 Å². The van der Waals surface area contributed by atoms with Crippen molar-refractivity contribution in [1.29, 1.82) is 0 Å². The van der Waals surface area contributed by atoms with Gasteiger partial charge in [-0.2, -0.15) is 0 Å². The molecule has 1 aromatic heterocycles. The van der Waals surface area contributed by atoms with Gasteiger partial charge in [-0.25, -0.2) is 4.39 Å². The maximum absolute atomic E-state index is 15.0. The molecule has 40 heavy (non-hydrogen) atoms. The number of anilines is 2. The lowest BCUT2D eigenvalue weighted by atomic mass is 9.87. The Morgan fingerprint density at radius 3 is 2.42 bits per heavy atom. The number of morpholine rings is 1. The molecule has 0 unspecified atom stereocenters. The number of nitrogens with one attached hydrogen (secondary N) is 1. The number of fused-ring (bicyclic) bond motifs is 1. The molecule has 3 aromatic carbocycles. The first kappa shape index (κ1) is 27.7. The summed E-state index contributed by atoms with van der Waals surface area (Å²) in [7, 11) is 1.60. The highest BCUT2D eigenvalue weighted by Gasteiger charge is 2.16. The third-order valence-electron chi connectivity index (χ3n) is 6.95. The number of nitrogens with zero attached hydrogens (tertiary/aromatic N) is 2. The van der Waals surface area contributed by atoms with Crippen LogP contribution in [0.2, 0.25) is 0 Å².